The summed E-state index contributed by atoms with van der Waals surface area (Å²) in [7, 11) is 0. The predicted octanol–water partition coefficient (Wildman–Crippen LogP) is 4.09. The van der Waals surface area contributed by atoms with Crippen LogP contribution in [0, 0.1) is 11.6 Å². The lowest BCUT2D eigenvalue weighted by molar-refractivity contribution is 0.519. The molecule has 0 saturated carbocycles. The van der Waals surface area contributed by atoms with Crippen LogP contribution in [0.3, 0.4) is 0 Å². The summed E-state index contributed by atoms with van der Waals surface area (Å²) < 4.78 is 26.5. The molecule has 1 aromatic rings. The van der Waals surface area contributed by atoms with Crippen LogP contribution >= 0.6 is 11.6 Å². The molecule has 0 saturated heterocycles. The van der Waals surface area contributed by atoms with Crippen molar-refractivity contribution in [3.63, 3.8) is 0 Å². The zero-order valence-corrected chi connectivity index (χ0v) is 8.98. The zero-order chi connectivity index (χ0) is 10.7. The van der Waals surface area contributed by atoms with Crippen molar-refractivity contribution in [1.29, 1.82) is 0 Å². The first-order chi connectivity index (χ1) is 6.52. The first-order valence-corrected chi connectivity index (χ1v) is 5.04. The van der Waals surface area contributed by atoms with Crippen molar-refractivity contribution in [2.75, 3.05) is 0 Å². The summed E-state index contributed by atoms with van der Waals surface area (Å²) in [5.41, 5.74) is 0.139. The molecule has 0 bridgehead atoms. The predicted molar refractivity (Wildman–Crippen MR) is 54.7 cm³/mol. The highest BCUT2D eigenvalue weighted by molar-refractivity contribution is 6.20. The molecular formula is C11H13ClF2. The first kappa shape index (κ1) is 11.4. The number of rotatable bonds is 3. The van der Waals surface area contributed by atoms with Crippen LogP contribution in [0.4, 0.5) is 8.78 Å². The van der Waals surface area contributed by atoms with E-state index in [-0.39, 0.29) is 16.9 Å². The van der Waals surface area contributed by atoms with Crippen LogP contribution in [0.15, 0.2) is 18.2 Å². The monoisotopic (exact) mass is 218 g/mol. The lowest BCUT2D eigenvalue weighted by Crippen LogP contribution is -2.05. The molecule has 0 N–H and O–H groups in total. The first-order valence-electron chi connectivity index (χ1n) is 4.60. The zero-order valence-electron chi connectivity index (χ0n) is 8.23. The van der Waals surface area contributed by atoms with Crippen LogP contribution in [0.25, 0.3) is 0 Å². The minimum Gasteiger partial charge on any atom is -0.207 e. The van der Waals surface area contributed by atoms with Crippen molar-refractivity contribution in [1.82, 2.24) is 0 Å². The largest absolute Gasteiger partial charge is 0.207 e. The third-order valence-electron chi connectivity index (χ3n) is 2.17. The van der Waals surface area contributed by atoms with E-state index in [4.69, 9.17) is 11.6 Å². The van der Waals surface area contributed by atoms with Crippen LogP contribution in [-0.2, 0) is 0 Å². The third kappa shape index (κ3) is 2.68. The molecular weight excluding hydrogens is 206 g/mol. The molecule has 0 aliphatic heterocycles. The smallest absolute Gasteiger partial charge is 0.129 e. The summed E-state index contributed by atoms with van der Waals surface area (Å²) in [6, 6.07) is 3.91. The number of hydrogen-bond donors (Lipinski definition) is 0. The molecule has 1 rings (SSSR count). The van der Waals surface area contributed by atoms with E-state index in [0.717, 1.165) is 0 Å². The standard InChI is InChI=1S/C11H13ClF2/c1-7(6-8(2)12)11-9(13)4-3-5-10(11)14/h3-5,7-8H,6H2,1-2H3. The van der Waals surface area contributed by atoms with Gasteiger partial charge in [0.2, 0.25) is 0 Å². The van der Waals surface area contributed by atoms with Gasteiger partial charge in [0, 0.05) is 10.9 Å². The number of benzene rings is 1. The second-order valence-corrected chi connectivity index (χ2v) is 4.30. The van der Waals surface area contributed by atoms with Gasteiger partial charge in [0.05, 0.1) is 0 Å². The molecule has 0 fully saturated rings. The van der Waals surface area contributed by atoms with Crippen LogP contribution < -0.4 is 0 Å². The van der Waals surface area contributed by atoms with Crippen LogP contribution in [0.2, 0.25) is 0 Å². The number of alkyl halides is 1. The highest BCUT2D eigenvalue weighted by Crippen LogP contribution is 2.27. The van der Waals surface area contributed by atoms with Gasteiger partial charge in [-0.05, 0) is 31.4 Å². The fourth-order valence-electron chi connectivity index (χ4n) is 1.59. The van der Waals surface area contributed by atoms with Gasteiger partial charge in [-0.1, -0.05) is 13.0 Å². The Morgan fingerprint density at radius 2 is 1.71 bits per heavy atom. The molecule has 78 valence electrons. The summed E-state index contributed by atoms with van der Waals surface area (Å²) in [6.45, 7) is 3.59. The minimum absolute atomic E-state index is 0.0796. The van der Waals surface area contributed by atoms with E-state index < -0.39 is 11.6 Å². The second kappa shape index (κ2) is 4.74. The Morgan fingerprint density at radius 1 is 1.21 bits per heavy atom. The van der Waals surface area contributed by atoms with E-state index in [0.29, 0.717) is 6.42 Å². The average molecular weight is 219 g/mol. The van der Waals surface area contributed by atoms with Crippen molar-refractivity contribution in [3.05, 3.63) is 35.4 Å². The van der Waals surface area contributed by atoms with Gasteiger partial charge >= 0.3 is 0 Å². The van der Waals surface area contributed by atoms with Gasteiger partial charge in [0.25, 0.3) is 0 Å². The van der Waals surface area contributed by atoms with Crippen molar-refractivity contribution in [2.45, 2.75) is 31.6 Å². The normalized spacial score (nSPS) is 15.2. The van der Waals surface area contributed by atoms with Crippen LogP contribution in [0.5, 0.6) is 0 Å². The minimum atomic E-state index is -0.491. The molecule has 0 aromatic heterocycles. The quantitative estimate of drug-likeness (QED) is 0.671. The Kier molecular flexibility index (Phi) is 3.87. The Balaban J connectivity index is 2.94. The summed E-state index contributed by atoms with van der Waals surface area (Å²) >= 11 is 5.78. The second-order valence-electron chi connectivity index (χ2n) is 3.55. The summed E-state index contributed by atoms with van der Waals surface area (Å²) in [4.78, 5) is 0. The number of hydrogen-bond acceptors (Lipinski definition) is 0. The van der Waals surface area contributed by atoms with Gasteiger partial charge in [0.15, 0.2) is 0 Å². The topological polar surface area (TPSA) is 0 Å². The maximum atomic E-state index is 13.3. The SMILES string of the molecule is CC(Cl)CC(C)c1c(F)cccc1F. The fraction of sp³-hybridized carbons (Fsp3) is 0.455. The molecule has 0 radical (unpaired) electrons. The van der Waals surface area contributed by atoms with Crippen molar-refractivity contribution >= 4 is 11.6 Å². The van der Waals surface area contributed by atoms with Gasteiger partial charge in [-0.15, -0.1) is 11.6 Å². The third-order valence-corrected chi connectivity index (χ3v) is 2.35. The lowest BCUT2D eigenvalue weighted by Gasteiger charge is -2.14. The Morgan fingerprint density at radius 3 is 2.14 bits per heavy atom. The van der Waals surface area contributed by atoms with E-state index in [9.17, 15) is 8.78 Å². The van der Waals surface area contributed by atoms with Crippen LogP contribution in [0.1, 0.15) is 31.7 Å². The molecule has 0 spiro atoms. The van der Waals surface area contributed by atoms with Gasteiger partial charge in [-0.25, -0.2) is 8.78 Å². The highest BCUT2D eigenvalue weighted by atomic mass is 35.5. The summed E-state index contributed by atoms with van der Waals surface area (Å²) in [5, 5.41) is -0.0796. The summed E-state index contributed by atoms with van der Waals surface area (Å²) in [5.74, 6) is -1.17. The van der Waals surface area contributed by atoms with E-state index in [1.165, 1.54) is 18.2 Å². The molecule has 3 heteroatoms. The maximum absolute atomic E-state index is 13.3. The molecule has 0 aliphatic carbocycles. The Bertz CT molecular complexity index is 290. The van der Waals surface area contributed by atoms with Crippen molar-refractivity contribution in [2.24, 2.45) is 0 Å². The van der Waals surface area contributed by atoms with Gasteiger partial charge in [-0.2, -0.15) is 0 Å². The van der Waals surface area contributed by atoms with Gasteiger partial charge < -0.3 is 0 Å². The molecule has 1 aromatic carbocycles. The highest BCUT2D eigenvalue weighted by Gasteiger charge is 2.17. The van der Waals surface area contributed by atoms with Gasteiger partial charge in [0.1, 0.15) is 11.6 Å². The maximum Gasteiger partial charge on any atom is 0.129 e. The molecule has 2 unspecified atom stereocenters. The molecule has 0 heterocycles. The molecule has 2 atom stereocenters. The fourth-order valence-corrected chi connectivity index (χ4v) is 1.85. The average Bonchev–Trinajstić information content (AvgIpc) is 2.01. The van der Waals surface area contributed by atoms with Crippen molar-refractivity contribution < 1.29 is 8.78 Å². The molecule has 0 nitrogen and oxygen atoms in total. The Labute approximate surface area is 87.9 Å². The van der Waals surface area contributed by atoms with Crippen LogP contribution in [-0.4, -0.2) is 5.38 Å². The van der Waals surface area contributed by atoms with E-state index >= 15 is 0 Å². The van der Waals surface area contributed by atoms with E-state index in [2.05, 4.69) is 0 Å². The van der Waals surface area contributed by atoms with E-state index in [1.807, 2.05) is 6.92 Å². The van der Waals surface area contributed by atoms with Gasteiger partial charge in [-0.3, -0.25) is 0 Å². The summed E-state index contributed by atoms with van der Waals surface area (Å²) in [6.07, 6.45) is 0.569. The molecule has 14 heavy (non-hydrogen) atoms. The number of halogens is 3. The molecule has 0 aliphatic rings. The van der Waals surface area contributed by atoms with Crippen molar-refractivity contribution in [3.8, 4) is 0 Å². The lowest BCUT2D eigenvalue weighted by atomic mass is 9.95. The Hall–Kier alpha value is -0.630. The van der Waals surface area contributed by atoms with E-state index in [1.54, 1.807) is 6.92 Å². The molecule has 0 amide bonds.